The van der Waals surface area contributed by atoms with Crippen molar-refractivity contribution in [2.24, 2.45) is 0 Å². The van der Waals surface area contributed by atoms with Crippen LogP contribution in [0, 0.1) is 0 Å². The Kier molecular flexibility index (Phi) is 4.92. The molecule has 2 aromatic carbocycles. The van der Waals surface area contributed by atoms with Gasteiger partial charge in [0.25, 0.3) is 0 Å². The quantitative estimate of drug-likeness (QED) is 0.581. The Balaban J connectivity index is 2.82. The highest BCUT2D eigenvalue weighted by molar-refractivity contribution is 5.89. The van der Waals surface area contributed by atoms with E-state index >= 15 is 0 Å². The molecule has 0 unspecified atom stereocenters. The van der Waals surface area contributed by atoms with Crippen molar-refractivity contribution in [1.29, 1.82) is 0 Å². The molecule has 0 heterocycles. The van der Waals surface area contributed by atoms with Crippen molar-refractivity contribution in [2.75, 3.05) is 0 Å². The average molecular weight is 360 g/mol. The highest BCUT2D eigenvalue weighted by atomic mass is 19.4. The van der Waals surface area contributed by atoms with Gasteiger partial charge in [0.05, 0.1) is 11.1 Å². The molecule has 2 nitrogen and oxygen atoms in total. The van der Waals surface area contributed by atoms with Crippen molar-refractivity contribution in [2.45, 2.75) is 12.4 Å². The fourth-order valence-electron chi connectivity index (χ4n) is 2.35. The van der Waals surface area contributed by atoms with Crippen LogP contribution in [0.15, 0.2) is 48.5 Å². The van der Waals surface area contributed by atoms with E-state index in [0.717, 1.165) is 30.3 Å². The third kappa shape index (κ3) is 4.20. The number of carboxylic acids is 1. The Bertz CT molecular complexity index is 819. The normalized spacial score (nSPS) is 12.6. The van der Waals surface area contributed by atoms with E-state index in [1.54, 1.807) is 0 Å². The van der Waals surface area contributed by atoms with Crippen molar-refractivity contribution < 1.29 is 36.2 Å². The van der Waals surface area contributed by atoms with E-state index in [1.807, 2.05) is 0 Å². The van der Waals surface area contributed by atoms with Gasteiger partial charge in [-0.3, -0.25) is 0 Å². The van der Waals surface area contributed by atoms with Gasteiger partial charge in [0.1, 0.15) is 0 Å². The first-order valence-electron chi connectivity index (χ1n) is 6.79. The monoisotopic (exact) mass is 360 g/mol. The first kappa shape index (κ1) is 18.6. The van der Waals surface area contributed by atoms with Crippen LogP contribution in [-0.4, -0.2) is 11.1 Å². The van der Waals surface area contributed by atoms with Crippen molar-refractivity contribution in [3.05, 3.63) is 65.2 Å². The van der Waals surface area contributed by atoms with Gasteiger partial charge in [-0.1, -0.05) is 30.3 Å². The van der Waals surface area contributed by atoms with Crippen LogP contribution in [0.1, 0.15) is 16.7 Å². The van der Waals surface area contributed by atoms with Crippen LogP contribution in [0.2, 0.25) is 0 Å². The summed E-state index contributed by atoms with van der Waals surface area (Å²) in [5.41, 5.74) is -3.81. The summed E-state index contributed by atoms with van der Waals surface area (Å²) in [6, 6.07) is 6.91. The third-order valence-corrected chi connectivity index (χ3v) is 3.33. The van der Waals surface area contributed by atoms with E-state index in [4.69, 9.17) is 5.11 Å². The summed E-state index contributed by atoms with van der Waals surface area (Å²) in [6.07, 6.45) is -8.54. The second kappa shape index (κ2) is 6.62. The minimum atomic E-state index is -4.86. The Morgan fingerprint density at radius 1 is 0.800 bits per heavy atom. The highest BCUT2D eigenvalue weighted by Crippen LogP contribution is 2.42. The Morgan fingerprint density at radius 3 is 1.88 bits per heavy atom. The highest BCUT2D eigenvalue weighted by Gasteiger charge is 2.36. The van der Waals surface area contributed by atoms with Gasteiger partial charge in [-0.25, -0.2) is 4.79 Å². The van der Waals surface area contributed by atoms with Crippen molar-refractivity contribution in [3.63, 3.8) is 0 Å². The van der Waals surface area contributed by atoms with Gasteiger partial charge in [-0.05, 0) is 34.9 Å². The SMILES string of the molecule is O=C(O)/C=C/c1c(-c2ccccc2C(F)(F)F)cccc1C(F)(F)F. The lowest BCUT2D eigenvalue weighted by Gasteiger charge is -2.18. The van der Waals surface area contributed by atoms with Crippen molar-refractivity contribution in [3.8, 4) is 11.1 Å². The van der Waals surface area contributed by atoms with Crippen molar-refractivity contribution >= 4 is 12.0 Å². The molecule has 0 bridgehead atoms. The summed E-state index contributed by atoms with van der Waals surface area (Å²) in [6.45, 7) is 0. The molecule has 0 spiro atoms. The van der Waals surface area contributed by atoms with E-state index in [0.29, 0.717) is 18.2 Å². The zero-order valence-corrected chi connectivity index (χ0v) is 12.3. The number of carbonyl (C=O) groups is 1. The summed E-state index contributed by atoms with van der Waals surface area (Å²) < 4.78 is 79.1. The van der Waals surface area contributed by atoms with Gasteiger partial charge in [-0.2, -0.15) is 26.3 Å². The zero-order chi connectivity index (χ0) is 18.8. The van der Waals surface area contributed by atoms with Crippen LogP contribution in [0.5, 0.6) is 0 Å². The first-order chi connectivity index (χ1) is 11.5. The predicted molar refractivity (Wildman–Crippen MR) is 78.6 cm³/mol. The average Bonchev–Trinajstić information content (AvgIpc) is 2.50. The number of carboxylic acid groups (broad SMARTS) is 1. The maximum Gasteiger partial charge on any atom is 0.417 e. The number of hydrogen-bond acceptors (Lipinski definition) is 1. The van der Waals surface area contributed by atoms with Crippen LogP contribution >= 0.6 is 0 Å². The van der Waals surface area contributed by atoms with Gasteiger partial charge in [0.15, 0.2) is 0 Å². The first-order valence-corrected chi connectivity index (χ1v) is 6.79. The topological polar surface area (TPSA) is 37.3 Å². The minimum absolute atomic E-state index is 0.361. The molecular weight excluding hydrogens is 350 g/mol. The fourth-order valence-corrected chi connectivity index (χ4v) is 2.35. The number of hydrogen-bond donors (Lipinski definition) is 1. The standard InChI is InChI=1S/C17H10F6O2/c18-16(19,20)13-6-2-1-4-11(13)10-5-3-7-14(17(21,22)23)12(10)8-9-15(24)25/h1-9H,(H,24,25)/b9-8+. The van der Waals surface area contributed by atoms with E-state index in [2.05, 4.69) is 0 Å². The molecule has 0 aliphatic heterocycles. The van der Waals surface area contributed by atoms with Gasteiger partial charge in [0, 0.05) is 6.08 Å². The molecule has 0 aliphatic carbocycles. The molecule has 0 aromatic heterocycles. The van der Waals surface area contributed by atoms with E-state index in [1.165, 1.54) is 6.07 Å². The second-order valence-corrected chi connectivity index (χ2v) is 4.98. The molecule has 0 aliphatic rings. The fraction of sp³-hybridized carbons (Fsp3) is 0.118. The number of aliphatic carboxylic acids is 1. The predicted octanol–water partition coefficient (Wildman–Crippen LogP) is 5.49. The smallest absolute Gasteiger partial charge is 0.417 e. The summed E-state index contributed by atoms with van der Waals surface area (Å²) in [4.78, 5) is 10.7. The zero-order valence-electron chi connectivity index (χ0n) is 12.3. The summed E-state index contributed by atoms with van der Waals surface area (Å²) in [5, 5.41) is 8.67. The minimum Gasteiger partial charge on any atom is -0.478 e. The molecule has 8 heteroatoms. The lowest BCUT2D eigenvalue weighted by atomic mass is 9.91. The van der Waals surface area contributed by atoms with Gasteiger partial charge in [-0.15, -0.1) is 0 Å². The third-order valence-electron chi connectivity index (χ3n) is 3.33. The number of rotatable bonds is 3. The molecule has 0 fully saturated rings. The molecular formula is C17H10F6O2. The molecule has 2 rings (SSSR count). The van der Waals surface area contributed by atoms with Gasteiger partial charge >= 0.3 is 18.3 Å². The summed E-state index contributed by atoms with van der Waals surface area (Å²) >= 11 is 0. The van der Waals surface area contributed by atoms with Crippen LogP contribution in [0.4, 0.5) is 26.3 Å². The Labute approximate surface area is 138 Å². The molecule has 2 aromatic rings. The van der Waals surface area contributed by atoms with Gasteiger partial charge in [0.2, 0.25) is 0 Å². The maximum absolute atomic E-state index is 13.2. The number of alkyl halides is 6. The molecule has 0 saturated carbocycles. The summed E-state index contributed by atoms with van der Waals surface area (Å²) in [7, 11) is 0. The maximum atomic E-state index is 13.2. The molecule has 0 saturated heterocycles. The van der Waals surface area contributed by atoms with Gasteiger partial charge < -0.3 is 5.11 Å². The molecule has 132 valence electrons. The largest absolute Gasteiger partial charge is 0.478 e. The molecule has 0 radical (unpaired) electrons. The Morgan fingerprint density at radius 2 is 1.32 bits per heavy atom. The number of benzene rings is 2. The lowest BCUT2D eigenvalue weighted by Crippen LogP contribution is -2.10. The molecule has 0 atom stereocenters. The van der Waals surface area contributed by atoms with Crippen LogP contribution in [0.25, 0.3) is 17.2 Å². The Hall–Kier alpha value is -2.77. The molecule has 1 N–H and O–H groups in total. The van der Waals surface area contributed by atoms with Crippen LogP contribution in [0.3, 0.4) is 0 Å². The van der Waals surface area contributed by atoms with Crippen LogP contribution < -0.4 is 0 Å². The van der Waals surface area contributed by atoms with E-state index < -0.39 is 40.6 Å². The second-order valence-electron chi connectivity index (χ2n) is 4.98. The molecule has 0 amide bonds. The van der Waals surface area contributed by atoms with E-state index in [-0.39, 0.29) is 5.56 Å². The number of halogens is 6. The summed E-state index contributed by atoms with van der Waals surface area (Å²) in [5.74, 6) is -1.52. The lowest BCUT2D eigenvalue weighted by molar-refractivity contribution is -0.138. The van der Waals surface area contributed by atoms with Crippen molar-refractivity contribution in [1.82, 2.24) is 0 Å². The van der Waals surface area contributed by atoms with Crippen LogP contribution in [-0.2, 0) is 17.1 Å². The molecule has 25 heavy (non-hydrogen) atoms. The van der Waals surface area contributed by atoms with E-state index in [9.17, 15) is 31.1 Å².